The molecule has 1 aliphatic heterocycles. The smallest absolute Gasteiger partial charge is 0.229 e. The lowest BCUT2D eigenvalue weighted by Crippen LogP contribution is -2.60. The molecular weight excluding hydrogens is 412 g/mol. The Morgan fingerprint density at radius 2 is 1.68 bits per heavy atom. The van der Waals surface area contributed by atoms with Crippen molar-refractivity contribution in [1.29, 1.82) is 0 Å². The summed E-state index contributed by atoms with van der Waals surface area (Å²) in [7, 11) is 0. The Hall–Kier alpha value is -3.15. The predicted molar refractivity (Wildman–Crippen MR) is 106 cm³/mol. The Morgan fingerprint density at radius 1 is 0.968 bits per heavy atom. The molecule has 0 aliphatic carbocycles. The van der Waals surface area contributed by atoms with Gasteiger partial charge >= 0.3 is 0 Å². The molecule has 6 N–H and O–H groups in total. The van der Waals surface area contributed by atoms with Crippen LogP contribution in [-0.2, 0) is 4.74 Å². The lowest BCUT2D eigenvalue weighted by molar-refractivity contribution is -0.277. The fourth-order valence-corrected chi connectivity index (χ4v) is 3.41. The normalized spacial score (nSPS) is 26.1. The topological polar surface area (TPSA) is 170 Å². The molecule has 2 aromatic carbocycles. The van der Waals surface area contributed by atoms with Crippen molar-refractivity contribution in [1.82, 2.24) is 0 Å². The van der Waals surface area contributed by atoms with E-state index in [1.165, 1.54) is 36.6 Å². The first-order chi connectivity index (χ1) is 14.8. The second-order valence-electron chi connectivity index (χ2n) is 7.16. The summed E-state index contributed by atoms with van der Waals surface area (Å²) in [6.45, 7) is -0.622. The first kappa shape index (κ1) is 21.1. The minimum atomic E-state index is -1.64. The molecule has 3 aromatic rings. The van der Waals surface area contributed by atoms with E-state index in [0.717, 1.165) is 6.07 Å². The SMILES string of the molecule is O=c1c(-c2ccc(O)cc2)coc2cc(O[C@@H]3O[C@@H](CO)[C@@H](O)[C@@H](O)[C@@H]3O)cc(O)c12. The standard InChI is InChI=1S/C21H20O10/c22-7-15-18(26)19(27)20(28)21(31-15)30-11-5-13(24)16-14(6-11)29-8-12(17(16)25)9-1-3-10(23)4-2-9/h1-6,8,15,18-24,26-28H,7H2/t15-,18+,19+,20-,21+/m0/s1. The van der Waals surface area contributed by atoms with Crippen molar-refractivity contribution in [2.24, 2.45) is 0 Å². The summed E-state index contributed by atoms with van der Waals surface area (Å²) in [4.78, 5) is 12.9. The number of hydrogen-bond acceptors (Lipinski definition) is 10. The molecule has 2 heterocycles. The highest BCUT2D eigenvalue weighted by Gasteiger charge is 2.44. The molecule has 164 valence electrons. The zero-order valence-electron chi connectivity index (χ0n) is 16.0. The maximum atomic E-state index is 12.9. The van der Waals surface area contributed by atoms with Crippen LogP contribution in [0, 0.1) is 0 Å². The molecule has 1 aliphatic rings. The number of hydrogen-bond donors (Lipinski definition) is 6. The molecule has 1 aromatic heterocycles. The molecule has 1 saturated heterocycles. The van der Waals surface area contributed by atoms with Crippen LogP contribution < -0.4 is 10.2 Å². The summed E-state index contributed by atoms with van der Waals surface area (Å²) in [5, 5.41) is 58.8. The average Bonchev–Trinajstić information content (AvgIpc) is 2.75. The van der Waals surface area contributed by atoms with Gasteiger partial charge < -0.3 is 44.5 Å². The van der Waals surface area contributed by atoms with Gasteiger partial charge in [0.2, 0.25) is 11.7 Å². The molecule has 31 heavy (non-hydrogen) atoms. The van der Waals surface area contributed by atoms with Gasteiger partial charge in [0.1, 0.15) is 58.9 Å². The molecule has 1 fully saturated rings. The Morgan fingerprint density at radius 3 is 2.35 bits per heavy atom. The largest absolute Gasteiger partial charge is 0.508 e. The third-order valence-electron chi connectivity index (χ3n) is 5.11. The number of aromatic hydroxyl groups is 2. The Labute approximate surface area is 174 Å². The number of fused-ring (bicyclic) bond motifs is 1. The van der Waals surface area contributed by atoms with Crippen molar-refractivity contribution >= 4 is 11.0 Å². The molecule has 5 atom stereocenters. The van der Waals surface area contributed by atoms with Gasteiger partial charge in [0.05, 0.1) is 12.2 Å². The van der Waals surface area contributed by atoms with Crippen molar-refractivity contribution in [2.45, 2.75) is 30.7 Å². The fraction of sp³-hybridized carbons (Fsp3) is 0.286. The molecule has 0 amide bonds. The number of aliphatic hydroxyl groups is 4. The number of aliphatic hydroxyl groups excluding tert-OH is 4. The second kappa shape index (κ2) is 8.17. The fourth-order valence-electron chi connectivity index (χ4n) is 3.41. The lowest BCUT2D eigenvalue weighted by Gasteiger charge is -2.39. The van der Waals surface area contributed by atoms with Crippen molar-refractivity contribution in [2.75, 3.05) is 6.61 Å². The van der Waals surface area contributed by atoms with Gasteiger partial charge in [-0.05, 0) is 17.7 Å². The van der Waals surface area contributed by atoms with E-state index in [4.69, 9.17) is 13.9 Å². The van der Waals surface area contributed by atoms with Gasteiger partial charge in [0.25, 0.3) is 0 Å². The van der Waals surface area contributed by atoms with Gasteiger partial charge in [-0.2, -0.15) is 0 Å². The molecule has 0 unspecified atom stereocenters. The maximum Gasteiger partial charge on any atom is 0.229 e. The van der Waals surface area contributed by atoms with Crippen molar-refractivity contribution in [3.63, 3.8) is 0 Å². The molecule has 4 rings (SSSR count). The minimum absolute atomic E-state index is 0.00730. The van der Waals surface area contributed by atoms with Crippen LogP contribution in [0.25, 0.3) is 22.1 Å². The quantitative estimate of drug-likeness (QED) is 0.331. The summed E-state index contributed by atoms with van der Waals surface area (Å²) >= 11 is 0. The minimum Gasteiger partial charge on any atom is -0.508 e. The van der Waals surface area contributed by atoms with Crippen LogP contribution in [0.2, 0.25) is 0 Å². The van der Waals surface area contributed by atoms with Crippen molar-refractivity contribution in [3.8, 4) is 28.4 Å². The highest BCUT2D eigenvalue weighted by molar-refractivity contribution is 5.88. The number of ether oxygens (including phenoxy) is 2. The summed E-state index contributed by atoms with van der Waals surface area (Å²) in [6, 6.07) is 8.29. The third kappa shape index (κ3) is 3.82. The second-order valence-corrected chi connectivity index (χ2v) is 7.16. The summed E-state index contributed by atoms with van der Waals surface area (Å²) in [5.41, 5.74) is 0.135. The number of rotatable bonds is 4. The highest BCUT2D eigenvalue weighted by Crippen LogP contribution is 2.32. The van der Waals surface area contributed by atoms with Crippen LogP contribution in [0.4, 0.5) is 0 Å². The first-order valence-electron chi connectivity index (χ1n) is 9.35. The summed E-state index contributed by atoms with van der Waals surface area (Å²) in [5.74, 6) is -0.465. The van der Waals surface area contributed by atoms with E-state index < -0.39 is 48.5 Å². The predicted octanol–water partition coefficient (Wildman–Crippen LogP) is 0.0499. The first-order valence-corrected chi connectivity index (χ1v) is 9.35. The van der Waals surface area contributed by atoms with E-state index >= 15 is 0 Å². The number of phenolic OH excluding ortho intramolecular Hbond substituents is 2. The van der Waals surface area contributed by atoms with E-state index in [1.807, 2.05) is 0 Å². The summed E-state index contributed by atoms with van der Waals surface area (Å²) < 4.78 is 16.2. The van der Waals surface area contributed by atoms with E-state index in [0.29, 0.717) is 5.56 Å². The Balaban J connectivity index is 1.68. The van der Waals surface area contributed by atoms with E-state index in [2.05, 4.69) is 0 Å². The van der Waals surface area contributed by atoms with Crippen molar-refractivity contribution in [3.05, 3.63) is 52.9 Å². The van der Waals surface area contributed by atoms with Crippen LogP contribution in [0.3, 0.4) is 0 Å². The zero-order chi connectivity index (χ0) is 22.3. The third-order valence-corrected chi connectivity index (χ3v) is 5.11. The lowest BCUT2D eigenvalue weighted by atomic mass is 9.99. The van der Waals surface area contributed by atoms with Gasteiger partial charge in [0.15, 0.2) is 0 Å². The average molecular weight is 432 g/mol. The molecule has 0 saturated carbocycles. The van der Waals surface area contributed by atoms with Crippen molar-refractivity contribution < 1.29 is 44.5 Å². The van der Waals surface area contributed by atoms with Crippen LogP contribution in [-0.4, -0.2) is 68.0 Å². The van der Waals surface area contributed by atoms with Gasteiger partial charge in [-0.1, -0.05) is 12.1 Å². The van der Waals surface area contributed by atoms with Crippen LogP contribution in [0.5, 0.6) is 17.2 Å². The maximum absolute atomic E-state index is 12.9. The van der Waals surface area contributed by atoms with Crippen LogP contribution >= 0.6 is 0 Å². The van der Waals surface area contributed by atoms with Gasteiger partial charge in [-0.15, -0.1) is 0 Å². The van der Waals surface area contributed by atoms with Gasteiger partial charge in [-0.3, -0.25) is 4.79 Å². The van der Waals surface area contributed by atoms with Crippen LogP contribution in [0.1, 0.15) is 0 Å². The van der Waals surface area contributed by atoms with E-state index in [-0.39, 0.29) is 28.0 Å². The van der Waals surface area contributed by atoms with Gasteiger partial charge in [0, 0.05) is 12.1 Å². The Bertz CT molecular complexity index is 1140. The van der Waals surface area contributed by atoms with E-state index in [9.17, 15) is 35.4 Å². The molecule has 0 spiro atoms. The monoisotopic (exact) mass is 432 g/mol. The Kier molecular flexibility index (Phi) is 5.56. The zero-order valence-corrected chi connectivity index (χ0v) is 16.0. The highest BCUT2D eigenvalue weighted by atomic mass is 16.7. The van der Waals surface area contributed by atoms with Gasteiger partial charge in [-0.25, -0.2) is 0 Å². The van der Waals surface area contributed by atoms with Crippen LogP contribution in [0.15, 0.2) is 51.9 Å². The molecule has 0 bridgehead atoms. The summed E-state index contributed by atoms with van der Waals surface area (Å²) in [6.07, 6.45) is -6.23. The molecule has 0 radical (unpaired) electrons. The molecular formula is C21H20O10. The molecule has 10 heteroatoms. The molecule has 10 nitrogen and oxygen atoms in total. The van der Waals surface area contributed by atoms with E-state index in [1.54, 1.807) is 0 Å². The number of benzene rings is 2. The number of phenols is 2.